The van der Waals surface area contributed by atoms with E-state index in [1.165, 1.54) is 12.1 Å². The van der Waals surface area contributed by atoms with Gasteiger partial charge in [0.2, 0.25) is 0 Å². The maximum atomic E-state index is 13.0. The number of benzene rings is 1. The van der Waals surface area contributed by atoms with Gasteiger partial charge in [0.1, 0.15) is 5.82 Å². The second-order valence-electron chi connectivity index (χ2n) is 4.26. The van der Waals surface area contributed by atoms with E-state index in [2.05, 4.69) is 10.4 Å². The maximum Gasteiger partial charge on any atom is 0.337 e. The number of hydrogen-bond acceptors (Lipinski definition) is 3. The van der Waals surface area contributed by atoms with Crippen molar-refractivity contribution in [1.82, 2.24) is 9.78 Å². The standard InChI is InChI=1S/C13H14FN3O2/c1-8-9(7-17(2)16-8)6-15-12-4-3-10(14)5-11(12)13(18)19/h3-5,7,15H,6H2,1-2H3,(H,18,19). The van der Waals surface area contributed by atoms with Crippen LogP contribution in [0.4, 0.5) is 10.1 Å². The molecule has 100 valence electrons. The number of nitrogens with one attached hydrogen (secondary N) is 1. The lowest BCUT2D eigenvalue weighted by atomic mass is 10.1. The summed E-state index contributed by atoms with van der Waals surface area (Å²) in [5.41, 5.74) is 2.14. The highest BCUT2D eigenvalue weighted by molar-refractivity contribution is 5.94. The molecule has 2 N–H and O–H groups in total. The summed E-state index contributed by atoms with van der Waals surface area (Å²) in [5, 5.41) is 16.2. The Hall–Kier alpha value is -2.37. The molecule has 0 amide bonds. The van der Waals surface area contributed by atoms with Crippen LogP contribution in [-0.2, 0) is 13.6 Å². The number of rotatable bonds is 4. The zero-order chi connectivity index (χ0) is 14.0. The molecule has 1 aromatic heterocycles. The third-order valence-electron chi connectivity index (χ3n) is 2.80. The van der Waals surface area contributed by atoms with Gasteiger partial charge in [0.25, 0.3) is 0 Å². The first-order chi connectivity index (χ1) is 8.97. The van der Waals surface area contributed by atoms with Crippen LogP contribution < -0.4 is 5.32 Å². The van der Waals surface area contributed by atoms with Gasteiger partial charge in [-0.2, -0.15) is 5.10 Å². The van der Waals surface area contributed by atoms with E-state index in [1.807, 2.05) is 20.2 Å². The average molecular weight is 263 g/mol. The highest BCUT2D eigenvalue weighted by Crippen LogP contribution is 2.18. The third-order valence-corrected chi connectivity index (χ3v) is 2.80. The van der Waals surface area contributed by atoms with Gasteiger partial charge in [-0.05, 0) is 25.1 Å². The second-order valence-corrected chi connectivity index (χ2v) is 4.26. The lowest BCUT2D eigenvalue weighted by Crippen LogP contribution is -2.07. The van der Waals surface area contributed by atoms with Crippen molar-refractivity contribution in [1.29, 1.82) is 0 Å². The number of carboxylic acids is 1. The molecule has 0 saturated carbocycles. The molecule has 1 aromatic carbocycles. The van der Waals surface area contributed by atoms with Gasteiger partial charge in [-0.25, -0.2) is 9.18 Å². The Bertz CT molecular complexity index is 622. The van der Waals surface area contributed by atoms with E-state index in [9.17, 15) is 9.18 Å². The number of nitrogens with zero attached hydrogens (tertiary/aromatic N) is 2. The van der Waals surface area contributed by atoms with Crippen molar-refractivity contribution in [3.05, 3.63) is 47.0 Å². The Kier molecular flexibility index (Phi) is 3.50. The van der Waals surface area contributed by atoms with Crippen molar-refractivity contribution >= 4 is 11.7 Å². The largest absolute Gasteiger partial charge is 0.478 e. The summed E-state index contributed by atoms with van der Waals surface area (Å²) in [6.45, 7) is 2.31. The minimum absolute atomic E-state index is 0.0819. The molecular formula is C13H14FN3O2. The predicted octanol–water partition coefficient (Wildman–Crippen LogP) is 2.18. The number of carbonyl (C=O) groups is 1. The quantitative estimate of drug-likeness (QED) is 0.887. The zero-order valence-corrected chi connectivity index (χ0v) is 10.6. The molecule has 2 aromatic rings. The summed E-state index contributed by atoms with van der Waals surface area (Å²) in [4.78, 5) is 11.0. The molecule has 0 aliphatic rings. The van der Waals surface area contributed by atoms with Gasteiger partial charge in [-0.3, -0.25) is 4.68 Å². The van der Waals surface area contributed by atoms with E-state index in [4.69, 9.17) is 5.11 Å². The van der Waals surface area contributed by atoms with Crippen LogP contribution in [0.5, 0.6) is 0 Å². The zero-order valence-electron chi connectivity index (χ0n) is 10.6. The van der Waals surface area contributed by atoms with Crippen molar-refractivity contribution in [3.63, 3.8) is 0 Å². The van der Waals surface area contributed by atoms with Crippen LogP contribution in [0.3, 0.4) is 0 Å². The Morgan fingerprint density at radius 1 is 1.53 bits per heavy atom. The lowest BCUT2D eigenvalue weighted by Gasteiger charge is -2.09. The minimum atomic E-state index is -1.16. The van der Waals surface area contributed by atoms with Crippen LogP contribution in [-0.4, -0.2) is 20.9 Å². The van der Waals surface area contributed by atoms with Gasteiger partial charge in [-0.1, -0.05) is 0 Å². The van der Waals surface area contributed by atoms with Crippen molar-refractivity contribution in [2.75, 3.05) is 5.32 Å². The van der Waals surface area contributed by atoms with Crippen molar-refractivity contribution in [3.8, 4) is 0 Å². The first-order valence-corrected chi connectivity index (χ1v) is 5.73. The van der Waals surface area contributed by atoms with E-state index in [0.717, 1.165) is 17.3 Å². The van der Waals surface area contributed by atoms with Crippen LogP contribution in [0.2, 0.25) is 0 Å². The number of aromatic carboxylic acids is 1. The molecule has 0 radical (unpaired) electrons. The fraction of sp³-hybridized carbons (Fsp3) is 0.231. The molecule has 2 rings (SSSR count). The lowest BCUT2D eigenvalue weighted by molar-refractivity contribution is 0.0697. The van der Waals surface area contributed by atoms with Crippen LogP contribution >= 0.6 is 0 Å². The van der Waals surface area contributed by atoms with Crippen LogP contribution in [0.15, 0.2) is 24.4 Å². The van der Waals surface area contributed by atoms with Crippen molar-refractivity contribution in [2.24, 2.45) is 7.05 Å². The fourth-order valence-electron chi connectivity index (χ4n) is 1.86. The number of aromatic nitrogens is 2. The number of halogens is 1. The fourth-order valence-corrected chi connectivity index (χ4v) is 1.86. The molecule has 0 unspecified atom stereocenters. The van der Waals surface area contributed by atoms with Gasteiger partial charge in [0.05, 0.1) is 11.3 Å². The molecule has 6 heteroatoms. The van der Waals surface area contributed by atoms with Gasteiger partial charge in [-0.15, -0.1) is 0 Å². The molecule has 0 bridgehead atoms. The molecule has 19 heavy (non-hydrogen) atoms. The monoisotopic (exact) mass is 263 g/mol. The third kappa shape index (κ3) is 2.90. The van der Waals surface area contributed by atoms with Gasteiger partial charge < -0.3 is 10.4 Å². The smallest absolute Gasteiger partial charge is 0.337 e. The maximum absolute atomic E-state index is 13.0. The molecule has 0 saturated heterocycles. The van der Waals surface area contributed by atoms with Crippen LogP contribution in [0, 0.1) is 12.7 Å². The Morgan fingerprint density at radius 3 is 2.84 bits per heavy atom. The van der Waals surface area contributed by atoms with Crippen LogP contribution in [0.1, 0.15) is 21.6 Å². The number of hydrogen-bond donors (Lipinski definition) is 2. The normalized spacial score (nSPS) is 10.5. The predicted molar refractivity (Wildman–Crippen MR) is 68.6 cm³/mol. The highest BCUT2D eigenvalue weighted by Gasteiger charge is 2.12. The van der Waals surface area contributed by atoms with Crippen molar-refractivity contribution < 1.29 is 14.3 Å². The minimum Gasteiger partial charge on any atom is -0.478 e. The van der Waals surface area contributed by atoms with Crippen LogP contribution in [0.25, 0.3) is 0 Å². The Balaban J connectivity index is 2.20. The Morgan fingerprint density at radius 2 is 2.26 bits per heavy atom. The van der Waals surface area contributed by atoms with E-state index in [1.54, 1.807) is 4.68 Å². The summed E-state index contributed by atoms with van der Waals surface area (Å²) < 4.78 is 14.7. The van der Waals surface area contributed by atoms with E-state index < -0.39 is 11.8 Å². The molecule has 0 aliphatic carbocycles. The summed E-state index contributed by atoms with van der Waals surface area (Å²) in [6.07, 6.45) is 1.85. The molecule has 0 atom stereocenters. The molecular weight excluding hydrogens is 249 g/mol. The van der Waals surface area contributed by atoms with E-state index >= 15 is 0 Å². The van der Waals surface area contributed by atoms with E-state index in [0.29, 0.717) is 12.2 Å². The highest BCUT2D eigenvalue weighted by atomic mass is 19.1. The average Bonchev–Trinajstić information content (AvgIpc) is 2.66. The topological polar surface area (TPSA) is 67.2 Å². The second kappa shape index (κ2) is 5.09. The molecule has 0 spiro atoms. The van der Waals surface area contributed by atoms with Gasteiger partial charge >= 0.3 is 5.97 Å². The summed E-state index contributed by atoms with van der Waals surface area (Å²) in [6, 6.07) is 3.65. The van der Waals surface area contributed by atoms with Gasteiger partial charge in [0.15, 0.2) is 0 Å². The molecule has 5 nitrogen and oxygen atoms in total. The van der Waals surface area contributed by atoms with E-state index in [-0.39, 0.29) is 5.56 Å². The molecule has 0 aliphatic heterocycles. The summed E-state index contributed by atoms with van der Waals surface area (Å²) in [5.74, 6) is -1.73. The first-order valence-electron chi connectivity index (χ1n) is 5.73. The number of aryl methyl sites for hydroxylation is 2. The first kappa shape index (κ1) is 13.1. The van der Waals surface area contributed by atoms with Crippen molar-refractivity contribution in [2.45, 2.75) is 13.5 Å². The molecule has 1 heterocycles. The number of anilines is 1. The Labute approximate surface area is 109 Å². The summed E-state index contributed by atoms with van der Waals surface area (Å²) >= 11 is 0. The SMILES string of the molecule is Cc1nn(C)cc1CNc1ccc(F)cc1C(=O)O. The number of carboxylic acid groups (broad SMARTS) is 1. The molecule has 0 fully saturated rings. The summed E-state index contributed by atoms with van der Waals surface area (Å²) in [7, 11) is 1.82. The van der Waals surface area contributed by atoms with Gasteiger partial charge in [0, 0.05) is 31.0 Å².